The highest BCUT2D eigenvalue weighted by molar-refractivity contribution is 6.20. The minimum absolute atomic E-state index is 0.129. The van der Waals surface area contributed by atoms with Crippen LogP contribution >= 0.6 is 11.6 Å². The van der Waals surface area contributed by atoms with E-state index in [0.717, 1.165) is 30.6 Å². The quantitative estimate of drug-likeness (QED) is 0.760. The Bertz CT molecular complexity index is 344. The smallest absolute Gasteiger partial charge is 0.220 e. The summed E-state index contributed by atoms with van der Waals surface area (Å²) in [5, 5.41) is 3.29. The van der Waals surface area contributed by atoms with Crippen LogP contribution in [0.4, 0.5) is 0 Å². The van der Waals surface area contributed by atoms with Crippen LogP contribution in [0.25, 0.3) is 0 Å². The Kier molecular flexibility index (Phi) is 4.05. The molecule has 2 unspecified atom stereocenters. The Morgan fingerprint density at radius 3 is 2.10 bits per heavy atom. The second kappa shape index (κ2) is 5.51. The van der Waals surface area contributed by atoms with Gasteiger partial charge in [0, 0.05) is 17.8 Å². The fraction of sp³-hybridized carbons (Fsp3) is 0.941. The molecule has 0 radical (unpaired) electrons. The first-order valence-corrected chi connectivity index (χ1v) is 8.81. The summed E-state index contributed by atoms with van der Waals surface area (Å²) in [5.41, 5.74) is 0.352. The molecule has 1 N–H and O–H groups in total. The summed E-state index contributed by atoms with van der Waals surface area (Å²) in [6.45, 7) is 4.06. The number of alkyl halides is 1. The summed E-state index contributed by atoms with van der Waals surface area (Å²) in [7, 11) is 0. The third-order valence-electron chi connectivity index (χ3n) is 5.79. The van der Waals surface area contributed by atoms with Crippen molar-refractivity contribution in [1.82, 2.24) is 5.32 Å². The van der Waals surface area contributed by atoms with E-state index in [1.54, 1.807) is 0 Å². The lowest BCUT2D eigenvalue weighted by Gasteiger charge is -2.56. The summed E-state index contributed by atoms with van der Waals surface area (Å²) in [6.07, 6.45) is 9.89. The van der Waals surface area contributed by atoms with Crippen molar-refractivity contribution in [2.24, 2.45) is 23.2 Å². The van der Waals surface area contributed by atoms with E-state index in [2.05, 4.69) is 12.2 Å². The van der Waals surface area contributed by atoms with Gasteiger partial charge in [-0.25, -0.2) is 0 Å². The van der Waals surface area contributed by atoms with Crippen LogP contribution in [0.15, 0.2) is 0 Å². The lowest BCUT2D eigenvalue weighted by Crippen LogP contribution is -2.48. The molecule has 2 atom stereocenters. The summed E-state index contributed by atoms with van der Waals surface area (Å²) in [4.78, 5) is 12.4. The van der Waals surface area contributed by atoms with Crippen molar-refractivity contribution < 1.29 is 4.79 Å². The molecule has 0 saturated heterocycles. The van der Waals surface area contributed by atoms with Gasteiger partial charge in [0.25, 0.3) is 0 Å². The van der Waals surface area contributed by atoms with Gasteiger partial charge >= 0.3 is 0 Å². The first-order valence-electron chi connectivity index (χ1n) is 8.37. The highest BCUT2D eigenvalue weighted by atomic mass is 35.5. The Hall–Kier alpha value is -0.240. The Morgan fingerprint density at radius 1 is 1.15 bits per heavy atom. The molecule has 4 bridgehead atoms. The maximum atomic E-state index is 12.4. The third-order valence-corrected chi connectivity index (χ3v) is 5.96. The first kappa shape index (κ1) is 14.7. The standard InChI is InChI=1S/C17H28ClNO/c1-11(18)3-12(2)19-16(20)10-17-7-13-4-14(8-17)6-15(5-13)9-17/h11-15H,3-10H2,1-2H3,(H,19,20). The van der Waals surface area contributed by atoms with Crippen molar-refractivity contribution in [2.75, 3.05) is 0 Å². The number of rotatable bonds is 5. The zero-order chi connectivity index (χ0) is 14.3. The maximum absolute atomic E-state index is 12.4. The zero-order valence-corrected chi connectivity index (χ0v) is 13.6. The molecule has 4 aliphatic carbocycles. The molecule has 0 aromatic heterocycles. The predicted molar refractivity (Wildman–Crippen MR) is 82.8 cm³/mol. The molecule has 20 heavy (non-hydrogen) atoms. The highest BCUT2D eigenvalue weighted by Crippen LogP contribution is 2.61. The second-order valence-electron chi connectivity index (χ2n) is 8.08. The molecular weight excluding hydrogens is 270 g/mol. The fourth-order valence-electron chi connectivity index (χ4n) is 5.72. The molecule has 0 aromatic rings. The maximum Gasteiger partial charge on any atom is 0.220 e. The molecule has 4 saturated carbocycles. The van der Waals surface area contributed by atoms with Crippen LogP contribution in [0.5, 0.6) is 0 Å². The van der Waals surface area contributed by atoms with Crippen molar-refractivity contribution in [1.29, 1.82) is 0 Å². The minimum Gasteiger partial charge on any atom is -0.354 e. The summed E-state index contributed by atoms with van der Waals surface area (Å²) in [5.74, 6) is 3.04. The van der Waals surface area contributed by atoms with Gasteiger partial charge in [0.2, 0.25) is 5.91 Å². The molecule has 3 heteroatoms. The fourth-order valence-corrected chi connectivity index (χ4v) is 5.99. The molecule has 4 rings (SSSR count). The number of halogens is 1. The largest absolute Gasteiger partial charge is 0.354 e. The van der Waals surface area contributed by atoms with Crippen LogP contribution in [-0.4, -0.2) is 17.3 Å². The van der Waals surface area contributed by atoms with Crippen molar-refractivity contribution in [3.05, 3.63) is 0 Å². The lowest BCUT2D eigenvalue weighted by atomic mass is 9.49. The van der Waals surface area contributed by atoms with Crippen LogP contribution in [0.2, 0.25) is 0 Å². The van der Waals surface area contributed by atoms with Crippen molar-refractivity contribution in [3.8, 4) is 0 Å². The summed E-state index contributed by atoms with van der Waals surface area (Å²) in [6, 6.07) is 0.198. The first-order chi connectivity index (χ1) is 9.44. The zero-order valence-electron chi connectivity index (χ0n) is 12.8. The molecule has 0 heterocycles. The van der Waals surface area contributed by atoms with E-state index in [1.165, 1.54) is 38.5 Å². The SMILES string of the molecule is CC(Cl)CC(C)NC(=O)CC12CC3CC(CC(C3)C1)C2. The van der Waals surface area contributed by atoms with E-state index >= 15 is 0 Å². The normalized spacial score (nSPS) is 41.5. The van der Waals surface area contributed by atoms with Gasteiger partial charge in [-0.1, -0.05) is 0 Å². The van der Waals surface area contributed by atoms with Gasteiger partial charge in [-0.3, -0.25) is 4.79 Å². The number of carbonyl (C=O) groups excluding carboxylic acids is 1. The van der Waals surface area contributed by atoms with E-state index in [4.69, 9.17) is 11.6 Å². The predicted octanol–water partition coefficient (Wildman–Crippen LogP) is 4.12. The number of hydrogen-bond donors (Lipinski definition) is 1. The molecule has 0 aliphatic heterocycles. The Labute approximate surface area is 128 Å². The number of amides is 1. The van der Waals surface area contributed by atoms with Crippen LogP contribution in [0.1, 0.15) is 65.2 Å². The summed E-state index contributed by atoms with van der Waals surface area (Å²) < 4.78 is 0. The number of hydrogen-bond acceptors (Lipinski definition) is 1. The molecule has 114 valence electrons. The van der Waals surface area contributed by atoms with Gasteiger partial charge in [-0.2, -0.15) is 0 Å². The van der Waals surface area contributed by atoms with Crippen LogP contribution in [0.3, 0.4) is 0 Å². The topological polar surface area (TPSA) is 29.1 Å². The average Bonchev–Trinajstić information content (AvgIpc) is 2.23. The van der Waals surface area contributed by atoms with E-state index in [9.17, 15) is 4.79 Å². The number of carbonyl (C=O) groups is 1. The Morgan fingerprint density at radius 2 is 1.65 bits per heavy atom. The molecule has 4 fully saturated rings. The van der Waals surface area contributed by atoms with Gasteiger partial charge in [0.15, 0.2) is 0 Å². The van der Waals surface area contributed by atoms with Gasteiger partial charge in [0.05, 0.1) is 0 Å². The summed E-state index contributed by atoms with van der Waals surface area (Å²) >= 11 is 6.00. The van der Waals surface area contributed by atoms with Gasteiger partial charge < -0.3 is 5.32 Å². The average molecular weight is 298 g/mol. The van der Waals surface area contributed by atoms with Crippen LogP contribution < -0.4 is 5.32 Å². The third kappa shape index (κ3) is 3.16. The van der Waals surface area contributed by atoms with E-state index < -0.39 is 0 Å². The van der Waals surface area contributed by atoms with E-state index in [1.807, 2.05) is 6.92 Å². The molecule has 0 spiro atoms. The molecule has 0 aromatic carbocycles. The van der Waals surface area contributed by atoms with Crippen molar-refractivity contribution in [2.45, 2.75) is 76.6 Å². The number of nitrogens with one attached hydrogen (secondary N) is 1. The second-order valence-corrected chi connectivity index (χ2v) is 8.82. The molecule has 2 nitrogen and oxygen atoms in total. The van der Waals surface area contributed by atoms with Crippen molar-refractivity contribution >= 4 is 17.5 Å². The van der Waals surface area contributed by atoms with E-state index in [0.29, 0.717) is 5.41 Å². The Balaban J connectivity index is 1.56. The highest BCUT2D eigenvalue weighted by Gasteiger charge is 2.51. The van der Waals surface area contributed by atoms with Crippen LogP contribution in [0, 0.1) is 23.2 Å². The molecule has 4 aliphatic rings. The van der Waals surface area contributed by atoms with Gasteiger partial charge in [-0.05, 0) is 82.0 Å². The minimum atomic E-state index is 0.129. The van der Waals surface area contributed by atoms with Crippen LogP contribution in [-0.2, 0) is 4.79 Å². The molecule has 1 amide bonds. The van der Waals surface area contributed by atoms with Gasteiger partial charge in [0.1, 0.15) is 0 Å². The monoisotopic (exact) mass is 297 g/mol. The van der Waals surface area contributed by atoms with Gasteiger partial charge in [-0.15, -0.1) is 11.6 Å². The lowest BCUT2D eigenvalue weighted by molar-refractivity contribution is -0.130. The van der Waals surface area contributed by atoms with E-state index in [-0.39, 0.29) is 17.3 Å². The molecular formula is C17H28ClNO. The van der Waals surface area contributed by atoms with Crippen molar-refractivity contribution in [3.63, 3.8) is 0 Å².